The number of pyridine rings is 1. The maximum Gasteiger partial charge on any atom is 0.328 e. The van der Waals surface area contributed by atoms with Gasteiger partial charge in [0.25, 0.3) is 0 Å². The van der Waals surface area contributed by atoms with Gasteiger partial charge < -0.3 is 9.64 Å². The topological polar surface area (TPSA) is 59.5 Å². The fraction of sp³-hybridized carbons (Fsp3) is 0.417. The molecule has 0 aliphatic carbocycles. The predicted octanol–water partition coefficient (Wildman–Crippen LogP) is 1.04. The van der Waals surface area contributed by atoms with Crippen molar-refractivity contribution in [2.75, 3.05) is 18.6 Å². The van der Waals surface area contributed by atoms with Crippen molar-refractivity contribution < 1.29 is 14.3 Å². The van der Waals surface area contributed by atoms with Crippen molar-refractivity contribution in [3.63, 3.8) is 0 Å². The van der Waals surface area contributed by atoms with Gasteiger partial charge in [0.2, 0.25) is 0 Å². The van der Waals surface area contributed by atoms with Crippen LogP contribution >= 0.6 is 0 Å². The monoisotopic (exact) mass is 234 g/mol. The minimum atomic E-state index is -0.260. The number of hydrogen-bond acceptors (Lipinski definition) is 5. The summed E-state index contributed by atoms with van der Waals surface area (Å²) >= 11 is 0. The molecule has 17 heavy (non-hydrogen) atoms. The number of aromatic nitrogens is 1. The summed E-state index contributed by atoms with van der Waals surface area (Å²) in [5, 5.41) is 0. The number of carbonyl (C=O) groups is 2. The third kappa shape index (κ3) is 2.27. The van der Waals surface area contributed by atoms with E-state index >= 15 is 0 Å². The summed E-state index contributed by atoms with van der Waals surface area (Å²) in [6, 6.07) is 1.48. The maximum atomic E-state index is 11.6. The van der Waals surface area contributed by atoms with Crippen LogP contribution in [0.3, 0.4) is 0 Å². The second kappa shape index (κ2) is 4.95. The quantitative estimate of drug-likeness (QED) is 0.577. The van der Waals surface area contributed by atoms with E-state index < -0.39 is 0 Å². The fourth-order valence-corrected chi connectivity index (χ4v) is 2.12. The van der Waals surface area contributed by atoms with Gasteiger partial charge in [0.15, 0.2) is 6.29 Å². The molecule has 1 aromatic heterocycles. The Morgan fingerprint density at radius 1 is 1.59 bits per heavy atom. The number of hydrogen-bond donors (Lipinski definition) is 0. The summed E-state index contributed by atoms with van der Waals surface area (Å²) in [6.45, 7) is 0.782. The molecule has 0 amide bonds. The molecule has 90 valence electrons. The molecular weight excluding hydrogens is 220 g/mol. The molecule has 0 spiro atoms. The van der Waals surface area contributed by atoms with Crippen LogP contribution in [0.4, 0.5) is 5.69 Å². The average Bonchev–Trinajstić information content (AvgIpc) is 2.87. The molecule has 1 aliphatic heterocycles. The number of carbonyl (C=O) groups excluding carboxylic acids is 2. The largest absolute Gasteiger partial charge is 0.467 e. The lowest BCUT2D eigenvalue weighted by Crippen LogP contribution is -2.36. The lowest BCUT2D eigenvalue weighted by molar-refractivity contribution is -0.141. The van der Waals surface area contributed by atoms with Crippen molar-refractivity contribution in [3.05, 3.63) is 24.0 Å². The first-order chi connectivity index (χ1) is 8.26. The molecule has 5 nitrogen and oxygen atoms in total. The first-order valence-electron chi connectivity index (χ1n) is 5.51. The number of nitrogens with zero attached hydrogens (tertiary/aromatic N) is 2. The third-order valence-corrected chi connectivity index (χ3v) is 2.94. The van der Waals surface area contributed by atoms with Gasteiger partial charge in [-0.3, -0.25) is 9.78 Å². The summed E-state index contributed by atoms with van der Waals surface area (Å²) in [4.78, 5) is 28.2. The van der Waals surface area contributed by atoms with Gasteiger partial charge in [-0.05, 0) is 18.9 Å². The van der Waals surface area contributed by atoms with Gasteiger partial charge in [-0.1, -0.05) is 0 Å². The van der Waals surface area contributed by atoms with E-state index in [-0.39, 0.29) is 12.0 Å². The molecule has 1 unspecified atom stereocenters. The van der Waals surface area contributed by atoms with E-state index in [4.69, 9.17) is 4.74 Å². The Morgan fingerprint density at radius 3 is 3.12 bits per heavy atom. The SMILES string of the molecule is COC(=O)C1CCCN1c1cncc(C=O)c1. The number of aldehydes is 1. The molecule has 1 atom stereocenters. The van der Waals surface area contributed by atoms with E-state index in [1.807, 2.05) is 4.90 Å². The molecule has 0 N–H and O–H groups in total. The van der Waals surface area contributed by atoms with Crippen molar-refractivity contribution in [3.8, 4) is 0 Å². The molecule has 2 rings (SSSR count). The van der Waals surface area contributed by atoms with Gasteiger partial charge in [0.1, 0.15) is 6.04 Å². The fourth-order valence-electron chi connectivity index (χ4n) is 2.12. The highest BCUT2D eigenvalue weighted by Gasteiger charge is 2.31. The van der Waals surface area contributed by atoms with Crippen LogP contribution in [0.5, 0.6) is 0 Å². The third-order valence-electron chi connectivity index (χ3n) is 2.94. The van der Waals surface area contributed by atoms with Crippen LogP contribution in [-0.4, -0.2) is 36.9 Å². The second-order valence-electron chi connectivity index (χ2n) is 3.97. The van der Waals surface area contributed by atoms with Crippen molar-refractivity contribution in [2.45, 2.75) is 18.9 Å². The van der Waals surface area contributed by atoms with Crippen LogP contribution in [0.25, 0.3) is 0 Å². The molecule has 1 aromatic rings. The molecule has 0 aromatic carbocycles. The maximum absolute atomic E-state index is 11.6. The Balaban J connectivity index is 2.25. The first-order valence-corrected chi connectivity index (χ1v) is 5.51. The summed E-state index contributed by atoms with van der Waals surface area (Å²) in [5.74, 6) is -0.237. The Labute approximate surface area is 99.4 Å². The summed E-state index contributed by atoms with van der Waals surface area (Å²) in [6.07, 6.45) is 5.62. The molecule has 1 aliphatic rings. The van der Waals surface area contributed by atoms with Crippen LogP contribution in [-0.2, 0) is 9.53 Å². The molecule has 1 fully saturated rings. The lowest BCUT2D eigenvalue weighted by atomic mass is 10.2. The van der Waals surface area contributed by atoms with Gasteiger partial charge >= 0.3 is 5.97 Å². The minimum Gasteiger partial charge on any atom is -0.467 e. The highest BCUT2D eigenvalue weighted by molar-refractivity contribution is 5.82. The predicted molar refractivity (Wildman–Crippen MR) is 62.0 cm³/mol. The van der Waals surface area contributed by atoms with Crippen LogP contribution in [0, 0.1) is 0 Å². The summed E-state index contributed by atoms with van der Waals surface area (Å²) < 4.78 is 4.77. The molecule has 0 bridgehead atoms. The highest BCUT2D eigenvalue weighted by atomic mass is 16.5. The van der Waals surface area contributed by atoms with Crippen LogP contribution < -0.4 is 4.90 Å². The van der Waals surface area contributed by atoms with Gasteiger partial charge in [0.05, 0.1) is 19.0 Å². The summed E-state index contributed by atoms with van der Waals surface area (Å²) in [5.41, 5.74) is 1.31. The van der Waals surface area contributed by atoms with Gasteiger partial charge in [0, 0.05) is 18.3 Å². The second-order valence-corrected chi connectivity index (χ2v) is 3.97. The van der Waals surface area contributed by atoms with E-state index in [2.05, 4.69) is 4.98 Å². The number of rotatable bonds is 3. The number of methoxy groups -OCH3 is 1. The van der Waals surface area contributed by atoms with Crippen molar-refractivity contribution in [1.82, 2.24) is 4.98 Å². The van der Waals surface area contributed by atoms with Crippen LogP contribution in [0.15, 0.2) is 18.5 Å². The highest BCUT2D eigenvalue weighted by Crippen LogP contribution is 2.25. The molecular formula is C12H14N2O3. The number of anilines is 1. The van der Waals surface area contributed by atoms with E-state index in [1.54, 1.807) is 12.3 Å². The lowest BCUT2D eigenvalue weighted by Gasteiger charge is -2.24. The minimum absolute atomic E-state index is 0.237. The zero-order chi connectivity index (χ0) is 12.3. The Bertz CT molecular complexity index is 434. The Morgan fingerprint density at radius 2 is 2.41 bits per heavy atom. The summed E-state index contributed by atoms with van der Waals surface area (Å²) in [7, 11) is 1.39. The van der Waals surface area contributed by atoms with Gasteiger partial charge in [-0.25, -0.2) is 4.79 Å². The van der Waals surface area contributed by atoms with Gasteiger partial charge in [-0.15, -0.1) is 0 Å². The van der Waals surface area contributed by atoms with Gasteiger partial charge in [-0.2, -0.15) is 0 Å². The number of esters is 1. The van der Waals surface area contributed by atoms with E-state index in [1.165, 1.54) is 13.3 Å². The Hall–Kier alpha value is -1.91. The van der Waals surface area contributed by atoms with E-state index in [9.17, 15) is 9.59 Å². The number of ether oxygens (including phenoxy) is 1. The first kappa shape index (κ1) is 11.6. The smallest absolute Gasteiger partial charge is 0.328 e. The normalized spacial score (nSPS) is 19.1. The van der Waals surface area contributed by atoms with Crippen LogP contribution in [0.2, 0.25) is 0 Å². The molecule has 2 heterocycles. The van der Waals surface area contributed by atoms with Crippen molar-refractivity contribution >= 4 is 17.9 Å². The van der Waals surface area contributed by atoms with Crippen LogP contribution in [0.1, 0.15) is 23.2 Å². The zero-order valence-corrected chi connectivity index (χ0v) is 9.63. The molecule has 0 saturated carbocycles. The molecule has 0 radical (unpaired) electrons. The Kier molecular flexibility index (Phi) is 3.37. The molecule has 1 saturated heterocycles. The van der Waals surface area contributed by atoms with E-state index in [0.29, 0.717) is 5.56 Å². The van der Waals surface area contributed by atoms with Crippen molar-refractivity contribution in [1.29, 1.82) is 0 Å². The average molecular weight is 234 g/mol. The standard InChI is InChI=1S/C12H14N2O3/c1-17-12(16)11-3-2-4-14(11)10-5-9(8-15)6-13-7-10/h5-8,11H,2-4H2,1H3. The van der Waals surface area contributed by atoms with Crippen molar-refractivity contribution in [2.24, 2.45) is 0 Å². The van der Waals surface area contributed by atoms with E-state index in [0.717, 1.165) is 31.4 Å². The molecule has 5 heteroatoms. The zero-order valence-electron chi connectivity index (χ0n) is 9.63.